The maximum Gasteiger partial charge on any atom is 0.251 e. The van der Waals surface area contributed by atoms with Crippen LogP contribution in [0.25, 0.3) is 0 Å². The predicted molar refractivity (Wildman–Crippen MR) is 73.7 cm³/mol. The van der Waals surface area contributed by atoms with Gasteiger partial charge in [0, 0.05) is 21.5 Å². The Morgan fingerprint density at radius 2 is 2.35 bits per heavy atom. The fourth-order valence-electron chi connectivity index (χ4n) is 1.51. The van der Waals surface area contributed by atoms with Crippen LogP contribution in [0.15, 0.2) is 30.6 Å². The van der Waals surface area contributed by atoms with E-state index in [0.717, 1.165) is 15.0 Å². The summed E-state index contributed by atoms with van der Waals surface area (Å²) in [6.07, 6.45) is 3.40. The van der Waals surface area contributed by atoms with Crippen LogP contribution >= 0.6 is 22.6 Å². The van der Waals surface area contributed by atoms with Gasteiger partial charge in [-0.3, -0.25) is 4.79 Å². The quantitative estimate of drug-likeness (QED) is 0.842. The van der Waals surface area contributed by atoms with Gasteiger partial charge in [-0.2, -0.15) is 0 Å². The van der Waals surface area contributed by atoms with Crippen molar-refractivity contribution in [2.45, 2.75) is 13.5 Å². The predicted octanol–water partition coefficient (Wildman–Crippen LogP) is 2.25. The zero-order valence-electron chi connectivity index (χ0n) is 9.33. The lowest BCUT2D eigenvalue weighted by molar-refractivity contribution is 0.0949. The van der Waals surface area contributed by atoms with Crippen molar-refractivity contribution in [3.63, 3.8) is 0 Å². The summed E-state index contributed by atoms with van der Waals surface area (Å²) in [4.78, 5) is 18.9. The van der Waals surface area contributed by atoms with Crippen molar-refractivity contribution in [2.24, 2.45) is 0 Å². The molecule has 0 aliphatic carbocycles. The summed E-state index contributed by atoms with van der Waals surface area (Å²) in [7, 11) is 0. The van der Waals surface area contributed by atoms with E-state index in [2.05, 4.69) is 37.9 Å². The van der Waals surface area contributed by atoms with E-state index in [-0.39, 0.29) is 5.91 Å². The lowest BCUT2D eigenvalue weighted by Crippen LogP contribution is -2.24. The second-order valence-corrected chi connectivity index (χ2v) is 4.79. The number of rotatable bonds is 3. The molecule has 0 fully saturated rings. The molecule has 0 aliphatic heterocycles. The van der Waals surface area contributed by atoms with Crippen LogP contribution in [0.1, 0.15) is 21.7 Å². The van der Waals surface area contributed by atoms with Gasteiger partial charge in [-0.15, -0.1) is 0 Å². The van der Waals surface area contributed by atoms with Gasteiger partial charge >= 0.3 is 0 Å². The number of amides is 1. The van der Waals surface area contributed by atoms with Crippen molar-refractivity contribution >= 4 is 28.5 Å². The van der Waals surface area contributed by atoms with Crippen LogP contribution in [-0.2, 0) is 6.54 Å². The van der Waals surface area contributed by atoms with Crippen LogP contribution in [0.4, 0.5) is 0 Å². The van der Waals surface area contributed by atoms with E-state index in [1.54, 1.807) is 12.4 Å². The number of nitrogens with zero attached hydrogens (tertiary/aromatic N) is 1. The van der Waals surface area contributed by atoms with Crippen molar-refractivity contribution in [2.75, 3.05) is 0 Å². The molecule has 2 aromatic rings. The average Bonchev–Trinajstić information content (AvgIpc) is 2.82. The van der Waals surface area contributed by atoms with Crippen molar-refractivity contribution in [3.05, 3.63) is 51.1 Å². The van der Waals surface area contributed by atoms with Gasteiger partial charge < -0.3 is 10.3 Å². The van der Waals surface area contributed by atoms with Gasteiger partial charge in [0.25, 0.3) is 5.91 Å². The number of nitrogens with one attached hydrogen (secondary N) is 2. The Kier molecular flexibility index (Phi) is 3.78. The molecule has 2 rings (SSSR count). The molecule has 0 atom stereocenters. The summed E-state index contributed by atoms with van der Waals surface area (Å²) in [6.45, 7) is 2.36. The number of carbonyl (C=O) groups excluding carboxylic acids is 1. The normalized spacial score (nSPS) is 10.2. The third-order valence-corrected chi connectivity index (χ3v) is 3.65. The Morgan fingerprint density at radius 3 is 3.06 bits per heavy atom. The van der Waals surface area contributed by atoms with Crippen molar-refractivity contribution < 1.29 is 4.79 Å². The Labute approximate surface area is 113 Å². The van der Waals surface area contributed by atoms with E-state index in [0.29, 0.717) is 12.1 Å². The van der Waals surface area contributed by atoms with Gasteiger partial charge in [0.15, 0.2) is 0 Å². The third kappa shape index (κ3) is 2.85. The molecule has 2 N–H and O–H groups in total. The van der Waals surface area contributed by atoms with Crippen LogP contribution in [0.3, 0.4) is 0 Å². The van der Waals surface area contributed by atoms with E-state index in [4.69, 9.17) is 0 Å². The van der Waals surface area contributed by atoms with Gasteiger partial charge in [-0.05, 0) is 47.2 Å². The number of aromatic amines is 1. The molecule has 5 heteroatoms. The average molecular weight is 341 g/mol. The Balaban J connectivity index is 2.07. The van der Waals surface area contributed by atoms with Gasteiger partial charge in [0.2, 0.25) is 0 Å². The molecule has 0 bridgehead atoms. The van der Waals surface area contributed by atoms with Gasteiger partial charge in [0.1, 0.15) is 5.82 Å². The number of imidazole rings is 1. The summed E-state index contributed by atoms with van der Waals surface area (Å²) in [5.41, 5.74) is 1.72. The molecule has 1 amide bonds. The largest absolute Gasteiger partial charge is 0.347 e. The smallest absolute Gasteiger partial charge is 0.251 e. The molecule has 0 radical (unpaired) electrons. The number of hydrogen-bond donors (Lipinski definition) is 2. The lowest BCUT2D eigenvalue weighted by Gasteiger charge is -2.07. The molecule has 1 aromatic carbocycles. The molecule has 1 aromatic heterocycles. The van der Waals surface area contributed by atoms with Crippen LogP contribution < -0.4 is 5.32 Å². The first kappa shape index (κ1) is 12.1. The highest BCUT2D eigenvalue weighted by Gasteiger charge is 2.10. The first-order chi connectivity index (χ1) is 8.18. The van der Waals surface area contributed by atoms with Crippen LogP contribution in [0, 0.1) is 10.5 Å². The molecule has 0 aliphatic rings. The molecular formula is C12H12IN3O. The third-order valence-electron chi connectivity index (χ3n) is 2.48. The maximum absolute atomic E-state index is 12.0. The van der Waals surface area contributed by atoms with E-state index in [1.165, 1.54) is 0 Å². The second kappa shape index (κ2) is 5.31. The molecule has 1 heterocycles. The minimum atomic E-state index is -0.0718. The highest BCUT2D eigenvalue weighted by Crippen LogP contribution is 2.15. The van der Waals surface area contributed by atoms with E-state index >= 15 is 0 Å². The first-order valence-corrected chi connectivity index (χ1v) is 6.28. The van der Waals surface area contributed by atoms with Crippen molar-refractivity contribution in [3.8, 4) is 0 Å². The SMILES string of the molecule is Cc1c(I)cccc1C(=O)NCc1ncc[nH]1. The zero-order chi connectivity index (χ0) is 12.3. The summed E-state index contributed by atoms with van der Waals surface area (Å²) in [5, 5.41) is 2.83. The fourth-order valence-corrected chi connectivity index (χ4v) is 2.01. The summed E-state index contributed by atoms with van der Waals surface area (Å²) < 4.78 is 1.09. The highest BCUT2D eigenvalue weighted by molar-refractivity contribution is 14.1. The molecule has 0 saturated carbocycles. The Morgan fingerprint density at radius 1 is 1.53 bits per heavy atom. The molecule has 0 spiro atoms. The van der Waals surface area contributed by atoms with E-state index in [1.807, 2.05) is 25.1 Å². The number of carbonyl (C=O) groups is 1. The molecule has 0 saturated heterocycles. The van der Waals surface area contributed by atoms with Crippen LogP contribution in [0.5, 0.6) is 0 Å². The van der Waals surface area contributed by atoms with E-state index < -0.39 is 0 Å². The molecule has 4 nitrogen and oxygen atoms in total. The number of halogens is 1. The maximum atomic E-state index is 12.0. The lowest BCUT2D eigenvalue weighted by atomic mass is 10.1. The molecule has 0 unspecified atom stereocenters. The van der Waals surface area contributed by atoms with Crippen LogP contribution in [0.2, 0.25) is 0 Å². The van der Waals surface area contributed by atoms with Crippen molar-refractivity contribution in [1.82, 2.24) is 15.3 Å². The molecule has 88 valence electrons. The summed E-state index contributed by atoms with van der Waals surface area (Å²) >= 11 is 2.22. The number of benzene rings is 1. The minimum absolute atomic E-state index is 0.0718. The number of aromatic nitrogens is 2. The second-order valence-electron chi connectivity index (χ2n) is 3.63. The summed E-state index contributed by atoms with van der Waals surface area (Å²) in [5.74, 6) is 0.680. The minimum Gasteiger partial charge on any atom is -0.347 e. The number of hydrogen-bond acceptors (Lipinski definition) is 2. The first-order valence-electron chi connectivity index (χ1n) is 5.20. The Hall–Kier alpha value is -1.37. The zero-order valence-corrected chi connectivity index (χ0v) is 11.5. The van der Waals surface area contributed by atoms with Gasteiger partial charge in [0.05, 0.1) is 6.54 Å². The number of H-pyrrole nitrogens is 1. The van der Waals surface area contributed by atoms with Crippen molar-refractivity contribution in [1.29, 1.82) is 0 Å². The van der Waals surface area contributed by atoms with E-state index in [9.17, 15) is 4.79 Å². The highest BCUT2D eigenvalue weighted by atomic mass is 127. The fraction of sp³-hybridized carbons (Fsp3) is 0.167. The Bertz CT molecular complexity index is 523. The summed E-state index contributed by atoms with van der Waals surface area (Å²) in [6, 6.07) is 5.70. The van der Waals surface area contributed by atoms with Gasteiger partial charge in [-0.1, -0.05) is 6.07 Å². The molecular weight excluding hydrogens is 329 g/mol. The standard InChI is InChI=1S/C12H12IN3O/c1-8-9(3-2-4-10(8)13)12(17)16-7-11-14-5-6-15-11/h2-6H,7H2,1H3,(H,14,15)(H,16,17). The molecule has 17 heavy (non-hydrogen) atoms. The topological polar surface area (TPSA) is 57.8 Å². The van der Waals surface area contributed by atoms with Gasteiger partial charge in [-0.25, -0.2) is 4.98 Å². The van der Waals surface area contributed by atoms with Crippen LogP contribution in [-0.4, -0.2) is 15.9 Å². The monoisotopic (exact) mass is 341 g/mol.